The summed E-state index contributed by atoms with van der Waals surface area (Å²) in [7, 11) is 5.03. The lowest BCUT2D eigenvalue weighted by molar-refractivity contribution is -0.276. The first-order chi connectivity index (χ1) is 19.2. The summed E-state index contributed by atoms with van der Waals surface area (Å²) in [5.74, 6) is 0.535. The van der Waals surface area contributed by atoms with Crippen molar-refractivity contribution < 1.29 is 39.1 Å². The van der Waals surface area contributed by atoms with Crippen LogP contribution in [0.1, 0.15) is 43.0 Å². The monoisotopic (exact) mass is 557 g/mol. The van der Waals surface area contributed by atoms with Gasteiger partial charge in [-0.25, -0.2) is 4.79 Å². The molecule has 3 N–H and O–H groups in total. The zero-order valence-electron chi connectivity index (χ0n) is 23.9. The van der Waals surface area contributed by atoms with Crippen molar-refractivity contribution in [2.75, 3.05) is 41.0 Å². The molecule has 220 valence electrons. The van der Waals surface area contributed by atoms with Crippen molar-refractivity contribution in [1.29, 1.82) is 0 Å². The van der Waals surface area contributed by atoms with Crippen LogP contribution in [-0.2, 0) is 14.2 Å². The molecule has 1 aromatic rings. The first-order valence-corrected chi connectivity index (χ1v) is 14.9. The average Bonchev–Trinajstić information content (AvgIpc) is 3.30. The number of aliphatic hydroxyl groups is 3. The number of benzene rings is 1. The summed E-state index contributed by atoms with van der Waals surface area (Å²) in [4.78, 5) is 15.8. The van der Waals surface area contributed by atoms with Crippen molar-refractivity contribution in [2.24, 2.45) is 40.4 Å². The number of methoxy groups -OCH3 is 3. The summed E-state index contributed by atoms with van der Waals surface area (Å²) in [5, 5.41) is 35.7. The van der Waals surface area contributed by atoms with Gasteiger partial charge in [0.2, 0.25) is 0 Å². The maximum Gasteiger partial charge on any atom is 0.338 e. The molecule has 9 heteroatoms. The van der Waals surface area contributed by atoms with Gasteiger partial charge in [0.15, 0.2) is 0 Å². The SMILES string of the molecule is CCN1C[C@]2(COC)C(O)C[C@H](OC)[C@@]34[C@@H]5C[C@@]6(O)[C@@H](OC(=O)c7ccc(OC)cc7)C[C@H]([C@@H](C[C@H]23)[C@@H]14)[C@H]5[C@H]6O. The highest BCUT2D eigenvalue weighted by Gasteiger charge is 2.83. The number of esters is 1. The topological polar surface area (TPSA) is 118 Å². The summed E-state index contributed by atoms with van der Waals surface area (Å²) in [6.07, 6.45) is -0.206. The van der Waals surface area contributed by atoms with E-state index in [0.29, 0.717) is 37.2 Å². The Morgan fingerprint density at radius 3 is 2.45 bits per heavy atom. The fourth-order valence-electron chi connectivity index (χ4n) is 11.4. The van der Waals surface area contributed by atoms with E-state index >= 15 is 0 Å². The third-order valence-electron chi connectivity index (χ3n) is 12.6. The number of rotatable bonds is 7. The number of ether oxygens (including phenoxy) is 4. The molecule has 6 fully saturated rings. The van der Waals surface area contributed by atoms with Crippen molar-refractivity contribution in [2.45, 2.75) is 68.7 Å². The number of hydrogen-bond donors (Lipinski definition) is 3. The van der Waals surface area contributed by atoms with Gasteiger partial charge in [-0.15, -0.1) is 0 Å². The third kappa shape index (κ3) is 3.11. The molecule has 0 aromatic heterocycles. The second-order valence-electron chi connectivity index (χ2n) is 13.4. The minimum Gasteiger partial charge on any atom is -0.497 e. The molecule has 0 radical (unpaired) electrons. The van der Waals surface area contributed by atoms with Crippen molar-refractivity contribution in [1.82, 2.24) is 4.90 Å². The number of nitrogens with zero attached hydrogens (tertiary/aromatic N) is 1. The van der Waals surface area contributed by atoms with Gasteiger partial charge < -0.3 is 34.3 Å². The maximum atomic E-state index is 13.3. The Labute approximate surface area is 235 Å². The van der Waals surface area contributed by atoms with E-state index in [1.54, 1.807) is 45.6 Å². The quantitative estimate of drug-likeness (QED) is 0.431. The highest BCUT2D eigenvalue weighted by molar-refractivity contribution is 5.89. The molecule has 5 saturated carbocycles. The van der Waals surface area contributed by atoms with Crippen LogP contribution in [0.15, 0.2) is 24.3 Å². The Kier molecular flexibility index (Phi) is 6.18. The van der Waals surface area contributed by atoms with Crippen LogP contribution in [-0.4, -0.2) is 103 Å². The van der Waals surface area contributed by atoms with E-state index in [4.69, 9.17) is 18.9 Å². The van der Waals surface area contributed by atoms with Gasteiger partial charge in [0.05, 0.1) is 37.6 Å². The molecule has 1 aromatic carbocycles. The van der Waals surface area contributed by atoms with Gasteiger partial charge in [-0.3, -0.25) is 4.90 Å². The summed E-state index contributed by atoms with van der Waals surface area (Å²) >= 11 is 0. The molecule has 0 amide bonds. The van der Waals surface area contributed by atoms with E-state index in [2.05, 4.69) is 11.8 Å². The van der Waals surface area contributed by atoms with Crippen LogP contribution >= 0.6 is 0 Å². The number of piperidine rings is 1. The number of likely N-dealkylation sites (tertiary alicyclic amines) is 1. The fourth-order valence-corrected chi connectivity index (χ4v) is 11.4. The third-order valence-corrected chi connectivity index (χ3v) is 12.6. The lowest BCUT2D eigenvalue weighted by Gasteiger charge is -2.69. The minimum atomic E-state index is -1.53. The van der Waals surface area contributed by atoms with Gasteiger partial charge >= 0.3 is 5.97 Å². The first-order valence-electron chi connectivity index (χ1n) is 14.9. The molecular formula is C31H43NO8. The van der Waals surface area contributed by atoms with Gasteiger partial charge in [-0.05, 0) is 79.7 Å². The van der Waals surface area contributed by atoms with Crippen LogP contribution in [0.4, 0.5) is 0 Å². The van der Waals surface area contributed by atoms with E-state index in [-0.39, 0.29) is 47.2 Å². The van der Waals surface area contributed by atoms with Crippen molar-refractivity contribution >= 4 is 5.97 Å². The molecule has 40 heavy (non-hydrogen) atoms. The van der Waals surface area contributed by atoms with Gasteiger partial charge in [-0.1, -0.05) is 6.92 Å². The molecule has 9 nitrogen and oxygen atoms in total. The second-order valence-corrected chi connectivity index (χ2v) is 13.4. The fraction of sp³-hybridized carbons (Fsp3) is 0.774. The Morgan fingerprint density at radius 1 is 1.05 bits per heavy atom. The number of aliphatic hydroxyl groups excluding tert-OH is 2. The molecule has 6 aliphatic rings. The molecule has 7 rings (SSSR count). The molecule has 1 unspecified atom stereocenters. The Morgan fingerprint density at radius 2 is 1.80 bits per heavy atom. The van der Waals surface area contributed by atoms with E-state index < -0.39 is 35.3 Å². The summed E-state index contributed by atoms with van der Waals surface area (Å²) in [5.41, 5.74) is -1.89. The number of carbonyl (C=O) groups is 1. The Balaban J connectivity index is 1.30. The number of fused-ring (bicyclic) bond motifs is 2. The van der Waals surface area contributed by atoms with Gasteiger partial charge in [0.25, 0.3) is 0 Å². The molecule has 1 spiro atoms. The molecule has 7 bridgehead atoms. The zero-order chi connectivity index (χ0) is 28.2. The predicted octanol–water partition coefficient (Wildman–Crippen LogP) is 1.72. The summed E-state index contributed by atoms with van der Waals surface area (Å²) < 4.78 is 23.4. The van der Waals surface area contributed by atoms with Crippen LogP contribution in [0.3, 0.4) is 0 Å². The summed E-state index contributed by atoms with van der Waals surface area (Å²) in [6, 6.07) is 6.98. The first kappa shape index (κ1) is 27.1. The molecular weight excluding hydrogens is 514 g/mol. The highest BCUT2D eigenvalue weighted by Crippen LogP contribution is 2.78. The molecule has 1 aliphatic heterocycles. The molecule has 1 heterocycles. The van der Waals surface area contributed by atoms with Crippen LogP contribution in [0.2, 0.25) is 0 Å². The number of hydrogen-bond acceptors (Lipinski definition) is 9. The molecule has 1 saturated heterocycles. The number of carbonyl (C=O) groups excluding carboxylic acids is 1. The predicted molar refractivity (Wildman–Crippen MR) is 144 cm³/mol. The van der Waals surface area contributed by atoms with Crippen molar-refractivity contribution in [3.63, 3.8) is 0 Å². The Hall–Kier alpha value is -1.75. The summed E-state index contributed by atoms with van der Waals surface area (Å²) in [6.45, 7) is 4.27. The molecule has 5 aliphatic carbocycles. The maximum absolute atomic E-state index is 13.3. The smallest absolute Gasteiger partial charge is 0.338 e. The van der Waals surface area contributed by atoms with Gasteiger partial charge in [0, 0.05) is 44.1 Å². The second kappa shape index (κ2) is 9.12. The Bertz CT molecular complexity index is 1160. The van der Waals surface area contributed by atoms with Gasteiger partial charge in [0.1, 0.15) is 17.5 Å². The zero-order valence-corrected chi connectivity index (χ0v) is 23.9. The normalized spacial score (nSPS) is 50.1. The van der Waals surface area contributed by atoms with Crippen molar-refractivity contribution in [3.05, 3.63) is 29.8 Å². The van der Waals surface area contributed by atoms with Crippen LogP contribution in [0.5, 0.6) is 5.75 Å². The van der Waals surface area contributed by atoms with E-state index in [1.165, 1.54) is 0 Å². The lowest BCUT2D eigenvalue weighted by atomic mass is 9.43. The standard InChI is InChI=1S/C31H43NO8/c1-5-32-14-29(15-37-2)21-10-19-18-11-23(40-28(35)16-6-8-17(38-3)9-7-16)30(36)13-20(25(18)27(30)34)31(21,26(19)32)24(39-4)12-22(29)33/h6-9,18-27,33-34,36H,5,10-15H2,1-4H3/t18-,19-,20-,21-,22?,23+,24+,25-,26-,27-,29-,30-,31-/m1/s1. The van der Waals surface area contributed by atoms with E-state index in [0.717, 1.165) is 19.5 Å². The lowest BCUT2D eigenvalue weighted by Crippen LogP contribution is -2.76. The van der Waals surface area contributed by atoms with E-state index in [1.807, 2.05) is 0 Å². The average molecular weight is 558 g/mol. The van der Waals surface area contributed by atoms with Crippen LogP contribution < -0.4 is 4.74 Å². The largest absolute Gasteiger partial charge is 0.497 e. The minimum absolute atomic E-state index is 0.0148. The van der Waals surface area contributed by atoms with Gasteiger partial charge in [-0.2, -0.15) is 0 Å². The van der Waals surface area contributed by atoms with E-state index in [9.17, 15) is 20.1 Å². The van der Waals surface area contributed by atoms with Crippen molar-refractivity contribution in [3.8, 4) is 5.75 Å². The van der Waals surface area contributed by atoms with Crippen LogP contribution in [0, 0.1) is 40.4 Å². The van der Waals surface area contributed by atoms with Crippen LogP contribution in [0.25, 0.3) is 0 Å². The highest BCUT2D eigenvalue weighted by atomic mass is 16.6. The molecule has 13 atom stereocenters.